The van der Waals surface area contributed by atoms with Gasteiger partial charge in [0.15, 0.2) is 0 Å². The molecule has 0 aliphatic heterocycles. The number of hydrogen-bond donors (Lipinski definition) is 0. The molecule has 0 saturated carbocycles. The molecule has 1 rings (SSSR count). The molecule has 0 amide bonds. The molecule has 0 atom stereocenters. The van der Waals surface area contributed by atoms with Crippen molar-refractivity contribution in [3.05, 3.63) is 39.3 Å². The van der Waals surface area contributed by atoms with Crippen molar-refractivity contribution in [2.24, 2.45) is 5.41 Å². The van der Waals surface area contributed by atoms with Crippen molar-refractivity contribution >= 4 is 37.8 Å². The second-order valence-electron chi connectivity index (χ2n) is 4.69. The molecular weight excluding hydrogens is 348 g/mol. The van der Waals surface area contributed by atoms with E-state index in [1.165, 1.54) is 0 Å². The number of benzene rings is 1. The number of hydrogen-bond acceptors (Lipinski definition) is 2. The standard InChI is InChI=1S/C13H14Br2O2/c1-8(13(2,3)4)12(16)17-11-6-5-9(14)7-10(11)15/h5-7H,1H2,2-4H3. The predicted molar refractivity (Wildman–Crippen MR) is 76.1 cm³/mol. The van der Waals surface area contributed by atoms with E-state index < -0.39 is 5.97 Å². The first-order chi connectivity index (χ1) is 7.71. The van der Waals surface area contributed by atoms with Gasteiger partial charge in [-0.2, -0.15) is 0 Å². The van der Waals surface area contributed by atoms with E-state index in [-0.39, 0.29) is 5.41 Å². The van der Waals surface area contributed by atoms with Crippen LogP contribution in [0.3, 0.4) is 0 Å². The van der Waals surface area contributed by atoms with Crippen molar-refractivity contribution < 1.29 is 9.53 Å². The van der Waals surface area contributed by atoms with Crippen LogP contribution in [0.5, 0.6) is 5.75 Å². The third-order valence-corrected chi connectivity index (χ3v) is 3.36. The molecule has 4 heteroatoms. The lowest BCUT2D eigenvalue weighted by atomic mass is 9.88. The normalized spacial score (nSPS) is 11.1. The molecule has 0 spiro atoms. The van der Waals surface area contributed by atoms with Gasteiger partial charge < -0.3 is 4.74 Å². The van der Waals surface area contributed by atoms with Crippen LogP contribution in [0.4, 0.5) is 0 Å². The van der Waals surface area contributed by atoms with Crippen LogP contribution in [0.1, 0.15) is 20.8 Å². The van der Waals surface area contributed by atoms with E-state index in [9.17, 15) is 4.79 Å². The quantitative estimate of drug-likeness (QED) is 0.432. The van der Waals surface area contributed by atoms with Crippen molar-refractivity contribution in [1.82, 2.24) is 0 Å². The van der Waals surface area contributed by atoms with Crippen molar-refractivity contribution in [1.29, 1.82) is 0 Å². The maximum atomic E-state index is 11.8. The summed E-state index contributed by atoms with van der Waals surface area (Å²) in [5.74, 6) is 0.0872. The Kier molecular flexibility index (Phi) is 4.55. The fourth-order valence-electron chi connectivity index (χ4n) is 1.03. The van der Waals surface area contributed by atoms with Crippen LogP contribution in [0.2, 0.25) is 0 Å². The highest BCUT2D eigenvalue weighted by molar-refractivity contribution is 9.11. The van der Waals surface area contributed by atoms with E-state index in [0.717, 1.165) is 8.95 Å². The number of ether oxygens (including phenoxy) is 1. The number of carbonyl (C=O) groups excluding carboxylic acids is 1. The largest absolute Gasteiger partial charge is 0.422 e. The van der Waals surface area contributed by atoms with Crippen molar-refractivity contribution in [3.8, 4) is 5.75 Å². The third-order valence-electron chi connectivity index (χ3n) is 2.25. The molecule has 0 aromatic heterocycles. The molecule has 0 fully saturated rings. The fraction of sp³-hybridized carbons (Fsp3) is 0.308. The monoisotopic (exact) mass is 360 g/mol. The highest BCUT2D eigenvalue weighted by Gasteiger charge is 2.23. The van der Waals surface area contributed by atoms with Gasteiger partial charge in [0.2, 0.25) is 0 Å². The maximum absolute atomic E-state index is 11.8. The van der Waals surface area contributed by atoms with Gasteiger partial charge >= 0.3 is 5.97 Å². The smallest absolute Gasteiger partial charge is 0.339 e. The van der Waals surface area contributed by atoms with Gasteiger partial charge in [0.05, 0.1) is 4.47 Å². The molecule has 1 aromatic carbocycles. The summed E-state index contributed by atoms with van der Waals surface area (Å²) < 4.78 is 6.92. The van der Waals surface area contributed by atoms with Crippen LogP contribution < -0.4 is 4.74 Å². The Hall–Kier alpha value is -0.610. The fourth-order valence-corrected chi connectivity index (χ4v) is 2.15. The lowest BCUT2D eigenvalue weighted by Crippen LogP contribution is -2.21. The zero-order chi connectivity index (χ0) is 13.2. The molecular formula is C13H14Br2O2. The zero-order valence-electron chi connectivity index (χ0n) is 10.0. The minimum atomic E-state index is -0.402. The van der Waals surface area contributed by atoms with E-state index in [2.05, 4.69) is 38.4 Å². The second-order valence-corrected chi connectivity index (χ2v) is 6.46. The lowest BCUT2D eigenvalue weighted by molar-refractivity contribution is -0.131. The molecule has 1 aromatic rings. The first-order valence-electron chi connectivity index (χ1n) is 5.08. The van der Waals surface area contributed by atoms with Gasteiger partial charge in [-0.05, 0) is 39.5 Å². The average Bonchev–Trinajstić information content (AvgIpc) is 2.19. The molecule has 0 unspecified atom stereocenters. The predicted octanol–water partition coefficient (Wildman–Crippen LogP) is 4.72. The van der Waals surface area contributed by atoms with Crippen LogP contribution in [-0.2, 0) is 4.79 Å². The minimum Gasteiger partial charge on any atom is -0.422 e. The Morgan fingerprint density at radius 1 is 1.29 bits per heavy atom. The van der Waals surface area contributed by atoms with Crippen molar-refractivity contribution in [2.45, 2.75) is 20.8 Å². The Morgan fingerprint density at radius 2 is 1.88 bits per heavy atom. The van der Waals surface area contributed by atoms with Gasteiger partial charge in [-0.3, -0.25) is 0 Å². The second kappa shape index (κ2) is 5.36. The SMILES string of the molecule is C=C(C(=O)Oc1ccc(Br)cc1Br)C(C)(C)C. The van der Waals surface area contributed by atoms with Gasteiger partial charge in [-0.15, -0.1) is 0 Å². The Labute approximate surface area is 118 Å². The maximum Gasteiger partial charge on any atom is 0.339 e. The molecule has 0 aliphatic rings. The van der Waals surface area contributed by atoms with Crippen LogP contribution >= 0.6 is 31.9 Å². The summed E-state index contributed by atoms with van der Waals surface area (Å²) in [4.78, 5) is 11.8. The number of carbonyl (C=O) groups is 1. The first-order valence-corrected chi connectivity index (χ1v) is 6.67. The van der Waals surface area contributed by atoms with Gasteiger partial charge in [0.25, 0.3) is 0 Å². The molecule has 0 N–H and O–H groups in total. The lowest BCUT2D eigenvalue weighted by Gasteiger charge is -2.20. The van der Waals surface area contributed by atoms with Gasteiger partial charge in [-0.1, -0.05) is 43.3 Å². The summed E-state index contributed by atoms with van der Waals surface area (Å²) in [5, 5.41) is 0. The van der Waals surface area contributed by atoms with Gasteiger partial charge in [-0.25, -0.2) is 4.79 Å². The number of halogens is 2. The molecule has 0 heterocycles. The van der Waals surface area contributed by atoms with Gasteiger partial charge in [0, 0.05) is 10.0 Å². The Bertz CT molecular complexity index is 459. The first kappa shape index (κ1) is 14.5. The van der Waals surface area contributed by atoms with Crippen LogP contribution in [0, 0.1) is 5.41 Å². The van der Waals surface area contributed by atoms with E-state index in [0.29, 0.717) is 11.3 Å². The van der Waals surface area contributed by atoms with E-state index in [1.807, 2.05) is 32.9 Å². The Balaban J connectivity index is 2.86. The van der Waals surface area contributed by atoms with Crippen molar-refractivity contribution in [2.75, 3.05) is 0 Å². The van der Waals surface area contributed by atoms with E-state index in [1.54, 1.807) is 6.07 Å². The number of esters is 1. The molecule has 17 heavy (non-hydrogen) atoms. The third kappa shape index (κ3) is 3.96. The minimum absolute atomic E-state index is 0.293. The highest BCUT2D eigenvalue weighted by atomic mass is 79.9. The molecule has 0 saturated heterocycles. The summed E-state index contributed by atoms with van der Waals surface area (Å²) in [5.41, 5.74) is 0.158. The summed E-state index contributed by atoms with van der Waals surface area (Å²) in [6, 6.07) is 5.36. The van der Waals surface area contributed by atoms with Crippen molar-refractivity contribution in [3.63, 3.8) is 0 Å². The molecule has 0 aliphatic carbocycles. The topological polar surface area (TPSA) is 26.3 Å². The molecule has 0 bridgehead atoms. The van der Waals surface area contributed by atoms with Crippen LogP contribution in [0.15, 0.2) is 39.3 Å². The van der Waals surface area contributed by atoms with Crippen LogP contribution in [-0.4, -0.2) is 5.97 Å². The van der Waals surface area contributed by atoms with Gasteiger partial charge in [0.1, 0.15) is 5.75 Å². The zero-order valence-corrected chi connectivity index (χ0v) is 13.2. The summed E-state index contributed by atoms with van der Waals surface area (Å²) in [6.45, 7) is 9.54. The summed E-state index contributed by atoms with van der Waals surface area (Å²) >= 11 is 6.67. The van der Waals surface area contributed by atoms with E-state index in [4.69, 9.17) is 4.74 Å². The summed E-state index contributed by atoms with van der Waals surface area (Å²) in [6.07, 6.45) is 0. The molecule has 0 radical (unpaired) electrons. The molecule has 92 valence electrons. The average molecular weight is 362 g/mol. The highest BCUT2D eigenvalue weighted by Crippen LogP contribution is 2.30. The number of rotatable bonds is 2. The van der Waals surface area contributed by atoms with Crippen LogP contribution in [0.25, 0.3) is 0 Å². The molecule has 2 nitrogen and oxygen atoms in total. The Morgan fingerprint density at radius 3 is 2.35 bits per heavy atom. The van der Waals surface area contributed by atoms with E-state index >= 15 is 0 Å². The summed E-state index contributed by atoms with van der Waals surface area (Å²) in [7, 11) is 0.